The number of benzene rings is 8. The molecule has 232 valence electrons. The third kappa shape index (κ3) is 5.06. The maximum atomic E-state index is 2.42. The van der Waals surface area contributed by atoms with Gasteiger partial charge in [-0.3, -0.25) is 0 Å². The largest absolute Gasteiger partial charge is 0.309 e. The Balaban J connectivity index is 1.27. The Hall–Kier alpha value is -6.38. The van der Waals surface area contributed by atoms with Crippen LogP contribution in [0.4, 0.5) is 17.1 Å². The van der Waals surface area contributed by atoms with E-state index >= 15 is 0 Å². The molecule has 0 saturated heterocycles. The summed E-state index contributed by atoms with van der Waals surface area (Å²) < 4.78 is 2.42. The quantitative estimate of drug-likeness (QED) is 0.178. The molecule has 8 aromatic carbocycles. The topological polar surface area (TPSA) is 8.17 Å². The fourth-order valence-corrected chi connectivity index (χ4v) is 7.29. The molecule has 2 heteroatoms. The zero-order chi connectivity index (χ0) is 32.7. The van der Waals surface area contributed by atoms with E-state index in [9.17, 15) is 0 Å². The summed E-state index contributed by atoms with van der Waals surface area (Å²) in [6.07, 6.45) is 0. The van der Waals surface area contributed by atoms with Gasteiger partial charge in [0.25, 0.3) is 0 Å². The number of fused-ring (bicyclic) bond motifs is 4. The molecule has 0 amide bonds. The second-order valence-electron chi connectivity index (χ2n) is 12.7. The number of hydrogen-bond acceptors (Lipinski definition) is 1. The third-order valence-electron chi connectivity index (χ3n) is 9.64. The Morgan fingerprint density at radius 2 is 1.06 bits per heavy atom. The van der Waals surface area contributed by atoms with Crippen molar-refractivity contribution in [1.29, 1.82) is 0 Å². The maximum Gasteiger partial charge on any atom is 0.0547 e. The fraction of sp³-hybridized carbons (Fsp3) is 0.0213. The van der Waals surface area contributed by atoms with Crippen LogP contribution in [-0.4, -0.2) is 4.57 Å². The van der Waals surface area contributed by atoms with Gasteiger partial charge in [0.1, 0.15) is 0 Å². The van der Waals surface area contributed by atoms with E-state index in [2.05, 4.69) is 204 Å². The Bertz CT molecular complexity index is 2610. The summed E-state index contributed by atoms with van der Waals surface area (Å²) in [6.45, 7) is 2.14. The van der Waals surface area contributed by atoms with E-state index in [1.807, 2.05) is 0 Å². The molecule has 0 unspecified atom stereocenters. The van der Waals surface area contributed by atoms with Gasteiger partial charge in [0, 0.05) is 33.1 Å². The second-order valence-corrected chi connectivity index (χ2v) is 12.7. The molecule has 0 aliphatic carbocycles. The molecular weight excluding hydrogens is 593 g/mol. The second kappa shape index (κ2) is 12.0. The summed E-state index contributed by atoms with van der Waals surface area (Å²) in [5.74, 6) is 0. The van der Waals surface area contributed by atoms with Crippen molar-refractivity contribution in [2.24, 2.45) is 0 Å². The van der Waals surface area contributed by atoms with Crippen molar-refractivity contribution in [1.82, 2.24) is 4.57 Å². The van der Waals surface area contributed by atoms with E-state index < -0.39 is 0 Å². The normalized spacial score (nSPS) is 11.4. The van der Waals surface area contributed by atoms with E-state index in [1.54, 1.807) is 0 Å². The maximum absolute atomic E-state index is 2.42. The number of para-hydroxylation sites is 2. The first-order chi connectivity index (χ1) is 24.2. The Morgan fingerprint density at radius 3 is 1.94 bits per heavy atom. The third-order valence-corrected chi connectivity index (χ3v) is 9.64. The van der Waals surface area contributed by atoms with Crippen LogP contribution in [0.15, 0.2) is 188 Å². The average Bonchev–Trinajstić information content (AvgIpc) is 3.50. The van der Waals surface area contributed by atoms with Crippen molar-refractivity contribution in [3.8, 4) is 27.9 Å². The van der Waals surface area contributed by atoms with Crippen LogP contribution in [-0.2, 0) is 0 Å². The fourth-order valence-electron chi connectivity index (χ4n) is 7.29. The molecule has 0 atom stereocenters. The molecule has 0 radical (unpaired) electrons. The van der Waals surface area contributed by atoms with Gasteiger partial charge in [-0.15, -0.1) is 0 Å². The first-order valence-corrected chi connectivity index (χ1v) is 16.9. The average molecular weight is 627 g/mol. The van der Waals surface area contributed by atoms with Crippen LogP contribution in [0.2, 0.25) is 0 Å². The minimum Gasteiger partial charge on any atom is -0.309 e. The number of rotatable bonds is 6. The van der Waals surface area contributed by atoms with Gasteiger partial charge in [-0.05, 0) is 77.5 Å². The molecule has 0 bridgehead atoms. The van der Waals surface area contributed by atoms with Crippen molar-refractivity contribution >= 4 is 49.6 Å². The minimum absolute atomic E-state index is 1.13. The highest BCUT2D eigenvalue weighted by atomic mass is 15.1. The van der Waals surface area contributed by atoms with Crippen molar-refractivity contribution in [3.05, 3.63) is 194 Å². The number of nitrogens with zero attached hydrogens (tertiary/aromatic N) is 2. The Morgan fingerprint density at radius 1 is 0.408 bits per heavy atom. The van der Waals surface area contributed by atoms with Gasteiger partial charge in [0.15, 0.2) is 0 Å². The van der Waals surface area contributed by atoms with Crippen LogP contribution in [0, 0.1) is 6.92 Å². The van der Waals surface area contributed by atoms with Crippen molar-refractivity contribution in [2.45, 2.75) is 6.92 Å². The lowest BCUT2D eigenvalue weighted by Crippen LogP contribution is -2.11. The van der Waals surface area contributed by atoms with Gasteiger partial charge in [-0.2, -0.15) is 0 Å². The minimum atomic E-state index is 1.13. The molecule has 0 saturated carbocycles. The Kier molecular flexibility index (Phi) is 7.06. The SMILES string of the molecule is Cc1ccc(N(c2ccccc2-c2ccc3c4ccccc4n(-c4cccc(-c5ccccc5)c4)c3c2)c2cccc3ccccc23)cc1. The molecule has 0 spiro atoms. The summed E-state index contributed by atoms with van der Waals surface area (Å²) in [6, 6.07) is 68.1. The lowest BCUT2D eigenvalue weighted by molar-refractivity contribution is 1.18. The predicted octanol–water partition coefficient (Wildman–Crippen LogP) is 13.0. The van der Waals surface area contributed by atoms with E-state index in [0.29, 0.717) is 0 Å². The summed E-state index contributed by atoms with van der Waals surface area (Å²) in [7, 11) is 0. The van der Waals surface area contributed by atoms with E-state index in [-0.39, 0.29) is 0 Å². The van der Waals surface area contributed by atoms with Crippen molar-refractivity contribution in [2.75, 3.05) is 4.90 Å². The highest BCUT2D eigenvalue weighted by Crippen LogP contribution is 2.44. The van der Waals surface area contributed by atoms with Gasteiger partial charge >= 0.3 is 0 Å². The van der Waals surface area contributed by atoms with E-state index in [4.69, 9.17) is 0 Å². The van der Waals surface area contributed by atoms with Crippen molar-refractivity contribution < 1.29 is 0 Å². The van der Waals surface area contributed by atoms with Gasteiger partial charge < -0.3 is 9.47 Å². The number of aromatic nitrogens is 1. The van der Waals surface area contributed by atoms with Gasteiger partial charge in [0.05, 0.1) is 22.4 Å². The van der Waals surface area contributed by atoms with Gasteiger partial charge in [-0.25, -0.2) is 0 Å². The summed E-state index contributed by atoms with van der Waals surface area (Å²) in [5.41, 5.74) is 13.0. The predicted molar refractivity (Wildman–Crippen MR) is 209 cm³/mol. The zero-order valence-electron chi connectivity index (χ0n) is 27.3. The van der Waals surface area contributed by atoms with Crippen LogP contribution in [0.5, 0.6) is 0 Å². The number of hydrogen-bond donors (Lipinski definition) is 0. The summed E-state index contributed by atoms with van der Waals surface area (Å²) >= 11 is 0. The smallest absolute Gasteiger partial charge is 0.0547 e. The molecule has 0 fully saturated rings. The number of anilines is 3. The Labute approximate surface area is 286 Å². The van der Waals surface area contributed by atoms with Crippen LogP contribution >= 0.6 is 0 Å². The van der Waals surface area contributed by atoms with Crippen LogP contribution in [0.1, 0.15) is 5.56 Å². The first-order valence-electron chi connectivity index (χ1n) is 16.9. The molecule has 0 aliphatic rings. The molecule has 1 aromatic heterocycles. The van der Waals surface area contributed by atoms with Crippen LogP contribution < -0.4 is 4.90 Å². The molecule has 9 aromatic rings. The highest BCUT2D eigenvalue weighted by molar-refractivity contribution is 6.11. The monoisotopic (exact) mass is 626 g/mol. The number of aryl methyl sites for hydroxylation is 1. The molecule has 9 rings (SSSR count). The lowest BCUT2D eigenvalue weighted by atomic mass is 9.99. The molecule has 0 aliphatic heterocycles. The van der Waals surface area contributed by atoms with Crippen molar-refractivity contribution in [3.63, 3.8) is 0 Å². The van der Waals surface area contributed by atoms with Gasteiger partial charge in [0.2, 0.25) is 0 Å². The molecular formula is C47H34N2. The van der Waals surface area contributed by atoms with E-state index in [1.165, 1.54) is 60.4 Å². The molecule has 0 N–H and O–H groups in total. The van der Waals surface area contributed by atoms with Crippen LogP contribution in [0.25, 0.3) is 60.5 Å². The highest BCUT2D eigenvalue weighted by Gasteiger charge is 2.20. The summed E-state index contributed by atoms with van der Waals surface area (Å²) in [5, 5.41) is 4.93. The molecule has 1 heterocycles. The zero-order valence-corrected chi connectivity index (χ0v) is 27.3. The molecule has 2 nitrogen and oxygen atoms in total. The first kappa shape index (κ1) is 28.8. The van der Waals surface area contributed by atoms with Crippen LogP contribution in [0.3, 0.4) is 0 Å². The lowest BCUT2D eigenvalue weighted by Gasteiger charge is -2.29. The molecule has 49 heavy (non-hydrogen) atoms. The summed E-state index contributed by atoms with van der Waals surface area (Å²) in [4.78, 5) is 2.42. The van der Waals surface area contributed by atoms with Gasteiger partial charge in [-0.1, -0.05) is 145 Å². The van der Waals surface area contributed by atoms with E-state index in [0.717, 1.165) is 22.7 Å². The standard InChI is InChI=1S/C47H34N2/c1-33-25-28-38(29-26-33)48(45-24-12-16-35-15-5-6-19-40(35)45)44-22-9-7-20-41(44)37-27-30-43-42-21-8-10-23-46(42)49(47(43)32-37)39-18-11-17-36(31-39)34-13-3-2-4-14-34/h2-32H,1H3.